The van der Waals surface area contributed by atoms with Crippen molar-refractivity contribution in [2.75, 3.05) is 12.5 Å². The molecule has 4 aromatic rings. The number of hydrazine groups is 1. The van der Waals surface area contributed by atoms with Crippen LogP contribution >= 0.6 is 15.9 Å². The Morgan fingerprint density at radius 3 is 2.42 bits per heavy atom. The summed E-state index contributed by atoms with van der Waals surface area (Å²) in [5.74, 6) is 7.09. The molecule has 0 bridgehead atoms. The Kier molecular flexibility index (Phi) is 4.32. The van der Waals surface area contributed by atoms with Crippen LogP contribution in [0.2, 0.25) is 0 Å². The Morgan fingerprint density at radius 2 is 1.77 bits per heavy atom. The van der Waals surface area contributed by atoms with Crippen molar-refractivity contribution in [2.24, 2.45) is 5.84 Å². The second kappa shape index (κ2) is 6.78. The van der Waals surface area contributed by atoms with E-state index in [0.717, 1.165) is 38.1 Å². The number of aromatic nitrogens is 3. The Morgan fingerprint density at radius 1 is 1.04 bits per heavy atom. The molecule has 0 saturated heterocycles. The molecule has 26 heavy (non-hydrogen) atoms. The summed E-state index contributed by atoms with van der Waals surface area (Å²) in [7, 11) is 1.65. The summed E-state index contributed by atoms with van der Waals surface area (Å²) in [4.78, 5) is 8.76. The summed E-state index contributed by atoms with van der Waals surface area (Å²) in [5, 5.41) is 0.864. The van der Waals surface area contributed by atoms with Gasteiger partial charge in [0.05, 0.1) is 12.5 Å². The highest BCUT2D eigenvalue weighted by molar-refractivity contribution is 9.10. The first kappa shape index (κ1) is 16.6. The van der Waals surface area contributed by atoms with Crippen LogP contribution in [0.5, 0.6) is 5.75 Å². The fraction of sp³-hybridized carbons (Fsp3) is 0.0526. The second-order valence-electron chi connectivity index (χ2n) is 5.68. The molecule has 2 heterocycles. The molecular formula is C19H16BrN5O. The maximum Gasteiger partial charge on any atom is 0.153 e. The largest absolute Gasteiger partial charge is 0.497 e. The maximum atomic E-state index is 5.70. The van der Waals surface area contributed by atoms with Gasteiger partial charge in [-0.1, -0.05) is 28.1 Å². The molecule has 0 spiro atoms. The van der Waals surface area contributed by atoms with Crippen LogP contribution < -0.4 is 16.0 Å². The Bertz CT molecular complexity index is 1060. The number of ether oxygens (including phenoxy) is 1. The van der Waals surface area contributed by atoms with Gasteiger partial charge in [-0.3, -0.25) is 0 Å². The Hall–Kier alpha value is -2.90. The number of rotatable bonds is 4. The number of nitrogens with zero attached hydrogens (tertiary/aromatic N) is 3. The molecule has 6 nitrogen and oxygen atoms in total. The van der Waals surface area contributed by atoms with E-state index >= 15 is 0 Å². The van der Waals surface area contributed by atoms with E-state index < -0.39 is 0 Å². The highest BCUT2D eigenvalue weighted by atomic mass is 79.9. The monoisotopic (exact) mass is 409 g/mol. The Labute approximate surface area is 158 Å². The Balaban J connectivity index is 1.98. The van der Waals surface area contributed by atoms with Crippen molar-refractivity contribution in [3.05, 3.63) is 65.5 Å². The van der Waals surface area contributed by atoms with E-state index in [1.807, 2.05) is 59.3 Å². The van der Waals surface area contributed by atoms with Crippen molar-refractivity contribution in [1.82, 2.24) is 14.5 Å². The maximum absolute atomic E-state index is 5.70. The van der Waals surface area contributed by atoms with Crippen molar-refractivity contribution in [2.45, 2.75) is 0 Å². The first-order valence-corrected chi connectivity index (χ1v) is 8.73. The molecule has 0 aliphatic heterocycles. The van der Waals surface area contributed by atoms with Gasteiger partial charge in [-0.15, -0.1) is 0 Å². The smallest absolute Gasteiger partial charge is 0.153 e. The van der Waals surface area contributed by atoms with Gasteiger partial charge in [0.2, 0.25) is 0 Å². The summed E-state index contributed by atoms with van der Waals surface area (Å²) in [6.45, 7) is 0. The number of methoxy groups -OCH3 is 1. The number of anilines is 1. The van der Waals surface area contributed by atoms with Crippen LogP contribution in [0.3, 0.4) is 0 Å². The summed E-state index contributed by atoms with van der Waals surface area (Å²) >= 11 is 3.47. The van der Waals surface area contributed by atoms with Gasteiger partial charge in [-0.2, -0.15) is 0 Å². The average molecular weight is 410 g/mol. The normalized spacial score (nSPS) is 10.9. The molecule has 2 aromatic carbocycles. The van der Waals surface area contributed by atoms with E-state index in [2.05, 4.69) is 31.3 Å². The summed E-state index contributed by atoms with van der Waals surface area (Å²) in [6.07, 6.45) is 3.55. The van der Waals surface area contributed by atoms with Crippen molar-refractivity contribution in [3.8, 4) is 22.6 Å². The van der Waals surface area contributed by atoms with E-state index in [4.69, 9.17) is 10.6 Å². The fourth-order valence-corrected chi connectivity index (χ4v) is 3.22. The molecule has 0 unspecified atom stereocenters. The molecule has 3 N–H and O–H groups in total. The molecule has 2 aromatic heterocycles. The highest BCUT2D eigenvalue weighted by Crippen LogP contribution is 2.35. The van der Waals surface area contributed by atoms with Crippen molar-refractivity contribution in [3.63, 3.8) is 0 Å². The standard InChI is InChI=1S/C19H16BrN5O/c1-26-15-8-2-12(3-9-15)16-10-25(14-6-4-13(20)5-7-14)19-17(16)18(24-21)22-11-23-19/h2-11H,21H2,1H3,(H,22,23,24). The zero-order chi connectivity index (χ0) is 18.1. The van der Waals surface area contributed by atoms with Crippen LogP contribution in [0.15, 0.2) is 65.5 Å². The van der Waals surface area contributed by atoms with E-state index in [1.165, 1.54) is 6.33 Å². The third-order valence-electron chi connectivity index (χ3n) is 4.23. The number of fused-ring (bicyclic) bond motifs is 1. The molecule has 4 rings (SSSR count). The van der Waals surface area contributed by atoms with Gasteiger partial charge in [0.25, 0.3) is 0 Å². The third kappa shape index (κ3) is 2.81. The highest BCUT2D eigenvalue weighted by Gasteiger charge is 2.17. The number of benzene rings is 2. The van der Waals surface area contributed by atoms with E-state index in [-0.39, 0.29) is 0 Å². The van der Waals surface area contributed by atoms with Crippen molar-refractivity contribution >= 4 is 32.8 Å². The number of hydrogen-bond acceptors (Lipinski definition) is 5. The van der Waals surface area contributed by atoms with E-state index in [1.54, 1.807) is 7.11 Å². The second-order valence-corrected chi connectivity index (χ2v) is 6.60. The summed E-state index contributed by atoms with van der Waals surface area (Å²) < 4.78 is 8.31. The average Bonchev–Trinajstić information content (AvgIpc) is 3.08. The van der Waals surface area contributed by atoms with Gasteiger partial charge in [-0.05, 0) is 42.0 Å². The first-order chi connectivity index (χ1) is 12.7. The molecule has 130 valence electrons. The topological polar surface area (TPSA) is 78.0 Å². The molecule has 0 atom stereocenters. The third-order valence-corrected chi connectivity index (χ3v) is 4.75. The van der Waals surface area contributed by atoms with Crippen LogP contribution in [0.4, 0.5) is 5.82 Å². The number of halogens is 1. The van der Waals surface area contributed by atoms with Crippen LogP contribution in [-0.4, -0.2) is 21.6 Å². The molecule has 0 amide bonds. The first-order valence-electron chi connectivity index (χ1n) is 7.94. The molecule has 0 aliphatic carbocycles. The fourth-order valence-electron chi connectivity index (χ4n) is 2.96. The van der Waals surface area contributed by atoms with Crippen LogP contribution in [0.1, 0.15) is 0 Å². The zero-order valence-corrected chi connectivity index (χ0v) is 15.6. The zero-order valence-electron chi connectivity index (χ0n) is 14.0. The van der Waals surface area contributed by atoms with Crippen molar-refractivity contribution < 1.29 is 4.74 Å². The molecule has 7 heteroatoms. The lowest BCUT2D eigenvalue weighted by atomic mass is 10.1. The van der Waals surface area contributed by atoms with Crippen LogP contribution in [-0.2, 0) is 0 Å². The van der Waals surface area contributed by atoms with Gasteiger partial charge in [0.1, 0.15) is 12.1 Å². The number of hydrogen-bond donors (Lipinski definition) is 2. The summed E-state index contributed by atoms with van der Waals surface area (Å²) in [6, 6.07) is 15.9. The molecule has 0 radical (unpaired) electrons. The lowest BCUT2D eigenvalue weighted by Crippen LogP contribution is -2.09. The minimum Gasteiger partial charge on any atom is -0.497 e. The van der Waals surface area contributed by atoms with Crippen LogP contribution in [0.25, 0.3) is 27.8 Å². The predicted octanol–water partition coefficient (Wildman–Crippen LogP) is 4.14. The number of nitrogens with two attached hydrogens (primary N) is 1. The molecular weight excluding hydrogens is 394 g/mol. The summed E-state index contributed by atoms with van der Waals surface area (Å²) in [5.41, 5.74) is 6.47. The van der Waals surface area contributed by atoms with E-state index in [9.17, 15) is 0 Å². The lowest BCUT2D eigenvalue weighted by Gasteiger charge is -2.06. The minimum absolute atomic E-state index is 0.580. The van der Waals surface area contributed by atoms with E-state index in [0.29, 0.717) is 5.82 Å². The molecule has 0 aliphatic rings. The van der Waals surface area contributed by atoms with Crippen molar-refractivity contribution in [1.29, 1.82) is 0 Å². The molecule has 0 fully saturated rings. The molecule has 0 saturated carbocycles. The minimum atomic E-state index is 0.580. The van der Waals surface area contributed by atoms with Gasteiger partial charge in [0, 0.05) is 21.9 Å². The van der Waals surface area contributed by atoms with Gasteiger partial charge in [-0.25, -0.2) is 15.8 Å². The predicted molar refractivity (Wildman–Crippen MR) is 106 cm³/mol. The quantitative estimate of drug-likeness (QED) is 0.391. The van der Waals surface area contributed by atoms with Crippen LogP contribution in [0, 0.1) is 0 Å². The van der Waals surface area contributed by atoms with Gasteiger partial charge in [0.15, 0.2) is 11.5 Å². The SMILES string of the molecule is COc1ccc(-c2cn(-c3ccc(Br)cc3)c3ncnc(NN)c23)cc1. The number of nitrogens with one attached hydrogen (secondary N) is 1. The lowest BCUT2D eigenvalue weighted by molar-refractivity contribution is 0.415. The van der Waals surface area contributed by atoms with Gasteiger partial charge < -0.3 is 14.7 Å². The van der Waals surface area contributed by atoms with Gasteiger partial charge >= 0.3 is 0 Å². The number of nitrogen functional groups attached to an aromatic ring is 1.